The van der Waals surface area contributed by atoms with Crippen molar-refractivity contribution in [3.05, 3.63) is 0 Å². The van der Waals surface area contributed by atoms with Gasteiger partial charge in [-0.1, -0.05) is 0 Å². The maximum Gasteiger partial charge on any atom is 0.294 e. The van der Waals surface area contributed by atoms with Crippen molar-refractivity contribution < 1.29 is 6.52 Å². The highest BCUT2D eigenvalue weighted by atomic mass is 16.3. The summed E-state index contributed by atoms with van der Waals surface area (Å²) >= 11 is 0. The monoisotopic (exact) mass is 63.1 g/mol. The molecule has 0 bridgehead atoms. The lowest BCUT2D eigenvalue weighted by molar-refractivity contribution is 0.542. The summed E-state index contributed by atoms with van der Waals surface area (Å²) in [4.78, 5) is 0. The van der Waals surface area contributed by atoms with Gasteiger partial charge in [-0.05, 0) is 0 Å². The van der Waals surface area contributed by atoms with Crippen molar-refractivity contribution in [2.45, 2.75) is 6.92 Å². The number of hydrogen-bond acceptors (Lipinski definition) is 2. The molecule has 0 heterocycles. The van der Waals surface area contributed by atoms with Crippen LogP contribution in [-0.2, 0) is 0 Å². The van der Waals surface area contributed by atoms with Gasteiger partial charge in [0.1, 0.15) is 0 Å². The highest BCUT2D eigenvalue weighted by Crippen LogP contribution is 1.44. The highest BCUT2D eigenvalue weighted by molar-refractivity contribution is 5.66. The highest BCUT2D eigenvalue weighted by Gasteiger charge is 1.57. The van der Waals surface area contributed by atoms with E-state index in [0.717, 1.165) is 0 Å². The van der Waals surface area contributed by atoms with Crippen molar-refractivity contribution in [1.82, 2.24) is 0 Å². The number of aliphatic hydroxyl groups excluding tert-OH is 1. The maximum atomic E-state index is 6.15. The molecule has 0 saturated carbocycles. The topological polar surface area (TPSA) is 44.1 Å². The zero-order valence-corrected chi connectivity index (χ0v) is 2.36. The summed E-state index contributed by atoms with van der Waals surface area (Å²) in [6, 6.07) is 0. The van der Waals surface area contributed by atoms with Crippen LogP contribution in [0.5, 0.6) is 0 Å². The van der Waals surface area contributed by atoms with Gasteiger partial charge in [0.2, 0.25) is 0 Å². The molecule has 0 fully saturated rings. The minimum Gasteiger partial charge on any atom is -0.497 e. The Morgan fingerprint density at radius 3 is 3.50 bits per heavy atom. The minimum atomic E-state index is 0.0509. The van der Waals surface area contributed by atoms with Crippen molar-refractivity contribution in [2.24, 2.45) is 0 Å². The first-order valence-electron chi connectivity index (χ1n) is 1.78. The fourth-order valence-corrected chi connectivity index (χ4v) is 0. The Bertz CT molecular complexity index is 62.6. The first-order chi connectivity index (χ1) is 2.81. The van der Waals surface area contributed by atoms with Crippen molar-refractivity contribution in [3.8, 4) is 0 Å². The maximum absolute atomic E-state index is 6.15. The van der Waals surface area contributed by atoms with Crippen molar-refractivity contribution in [1.29, 1.82) is 6.83 Å². The molecule has 2 heteroatoms. The van der Waals surface area contributed by atoms with Gasteiger partial charge in [0.25, 0.3) is 1.43 Å². The average molecular weight is 63.1 g/mol. The molecule has 2 nitrogen and oxygen atoms in total. The molecular formula is C2H5NO. The molecule has 0 saturated heterocycles. The van der Waals surface area contributed by atoms with Crippen LogP contribution in [0.2, 0.25) is 1.41 Å². The van der Waals surface area contributed by atoms with Gasteiger partial charge < -0.3 is 5.11 Å². The quantitative estimate of drug-likeness (QED) is 0.313. The molecule has 4 heavy (non-hydrogen) atoms. The summed E-state index contributed by atoms with van der Waals surface area (Å²) in [5, 5.41) is 6.48. The molecule has 0 aromatic rings. The molecule has 0 atom stereocenters. The van der Waals surface area contributed by atoms with E-state index in [9.17, 15) is 0 Å². The van der Waals surface area contributed by atoms with Crippen molar-refractivity contribution >= 4 is 5.90 Å². The SMILES string of the molecule is [3H]N=C(C)O[3H]. The Labute approximate surface area is 27.5 Å². The molecule has 0 rings (SSSR count). The molecule has 0 aromatic heterocycles. The van der Waals surface area contributed by atoms with Crippen molar-refractivity contribution in [2.75, 3.05) is 0 Å². The summed E-state index contributed by atoms with van der Waals surface area (Å²) in [6.45, 7) is 1.43. The normalized spacial score (nSPS) is 17.8. The Balaban J connectivity index is 3.22. The van der Waals surface area contributed by atoms with Crippen LogP contribution < -0.4 is 0 Å². The number of rotatable bonds is 0. The van der Waals surface area contributed by atoms with E-state index in [0.29, 0.717) is 0 Å². The van der Waals surface area contributed by atoms with Crippen LogP contribution in [0.3, 0.4) is 0 Å². The largest absolute Gasteiger partial charge is 0.497 e. The minimum absolute atomic E-state index is 0.0509. The van der Waals surface area contributed by atoms with Gasteiger partial charge in [-0.15, -0.1) is 0 Å². The van der Waals surface area contributed by atoms with E-state index >= 15 is 0 Å². The van der Waals surface area contributed by atoms with Crippen LogP contribution in [0, 0.1) is 5.40 Å². The molecule has 0 aromatic carbocycles. The van der Waals surface area contributed by atoms with E-state index in [1.165, 1.54) is 6.92 Å². The fourth-order valence-electron chi connectivity index (χ4n) is 0. The van der Waals surface area contributed by atoms with E-state index in [1.54, 1.807) is 0 Å². The van der Waals surface area contributed by atoms with Crippen LogP contribution in [-0.4, -0.2) is 11.0 Å². The van der Waals surface area contributed by atoms with Gasteiger partial charge in [0.05, 0.1) is 0 Å². The van der Waals surface area contributed by atoms with Gasteiger partial charge >= 0.3 is 0 Å². The van der Waals surface area contributed by atoms with Gasteiger partial charge in [0, 0.05) is 6.92 Å². The average Bonchev–Trinajstić information content (AvgIpc) is 1.65. The predicted molar refractivity (Wildman–Crippen MR) is 16.0 cm³/mol. The second-order valence-electron chi connectivity index (χ2n) is 0.519. The van der Waals surface area contributed by atoms with Gasteiger partial charge in [-0.3, -0.25) is 5.40 Å². The molecule has 0 radical (unpaired) electrons. The molecule has 0 spiro atoms. The van der Waals surface area contributed by atoms with Gasteiger partial charge in [-0.2, -0.15) is 0 Å². The second kappa shape index (κ2) is 0.875. The van der Waals surface area contributed by atoms with Gasteiger partial charge in [0.15, 0.2) is 7.31 Å². The third-order valence-electron chi connectivity index (χ3n) is 0. The predicted octanol–water partition coefficient (Wildman–Crippen LogP) is 0.542. The third-order valence-corrected chi connectivity index (χ3v) is 0. The first-order valence-corrected chi connectivity index (χ1v) is 0.928. The summed E-state index contributed by atoms with van der Waals surface area (Å²) in [7, 11) is 0. The molecule has 0 amide bonds. The fraction of sp³-hybridized carbons (Fsp3) is 0.500. The molecule has 0 unspecified atom stereocenters. The number of hydrogen-bond donors (Lipinski definition) is 2. The molecule has 24 valence electrons. The number of aliphatic hydroxyl groups is 1. The Hall–Kier alpha value is -0.530. The third kappa shape index (κ3) is 1.16. The molecule has 0 aliphatic heterocycles. The summed E-state index contributed by atoms with van der Waals surface area (Å²) in [6.07, 6.45) is 0. The van der Waals surface area contributed by atoms with Crippen LogP contribution in [0.1, 0.15) is 6.92 Å². The van der Waals surface area contributed by atoms with E-state index in [-0.39, 0.29) is 5.90 Å². The van der Waals surface area contributed by atoms with Crippen LogP contribution in [0.25, 0.3) is 1.43 Å². The van der Waals surface area contributed by atoms with Crippen LogP contribution in [0.15, 0.2) is 0 Å². The van der Waals surface area contributed by atoms with E-state index in [4.69, 9.17) is 2.84 Å². The summed E-state index contributed by atoms with van der Waals surface area (Å²) in [5.74, 6) is 0.0509. The summed E-state index contributed by atoms with van der Waals surface area (Å²) < 4.78 is 12.2. The lowest BCUT2D eigenvalue weighted by Crippen LogP contribution is -1.76. The van der Waals surface area contributed by atoms with E-state index in [2.05, 4.69) is 10.5 Å². The molecule has 2 N–H and O–H groups in total. The zero-order valence-electron chi connectivity index (χ0n) is 4.36. The second-order valence-corrected chi connectivity index (χ2v) is 0.519. The lowest BCUT2D eigenvalue weighted by atomic mass is 10.8. The standard InChI is InChI=1S/C2H5NO/c1-2(3)4/h1H3,(H2,3,4)/i/hT2. The van der Waals surface area contributed by atoms with E-state index in [1.807, 2.05) is 0 Å². The Morgan fingerprint density at radius 1 is 2.75 bits per heavy atom. The van der Waals surface area contributed by atoms with E-state index < -0.39 is 0 Å². The zero-order chi connectivity index (χ0) is 4.99. The van der Waals surface area contributed by atoms with Crippen molar-refractivity contribution in [3.63, 3.8) is 0 Å². The molecule has 0 aliphatic carbocycles. The molecular weight excluding hydrogens is 54.0 g/mol. The Kier molecular flexibility index (Phi) is 0.232. The first kappa shape index (κ1) is 1.06. The molecule has 0 aliphatic rings. The lowest BCUT2D eigenvalue weighted by Gasteiger charge is -1.65. The smallest absolute Gasteiger partial charge is 0.294 e. The van der Waals surface area contributed by atoms with Crippen LogP contribution >= 0.6 is 0 Å². The van der Waals surface area contributed by atoms with Crippen LogP contribution in [0.4, 0.5) is 0 Å². The summed E-state index contributed by atoms with van der Waals surface area (Å²) in [5.41, 5.74) is 0. The Morgan fingerprint density at radius 2 is 3.50 bits per heavy atom. The number of nitrogens with one attached hydrogen (secondary N) is 1. The van der Waals surface area contributed by atoms with Gasteiger partial charge in [-0.25, -0.2) is 0 Å².